The first-order valence-corrected chi connectivity index (χ1v) is 8.97. The first-order chi connectivity index (χ1) is 13.2. The van der Waals surface area contributed by atoms with Crippen molar-refractivity contribution in [1.29, 1.82) is 0 Å². The largest absolute Gasteiger partial charge is 0.482 e. The van der Waals surface area contributed by atoms with E-state index >= 15 is 0 Å². The molecule has 0 unspecified atom stereocenters. The summed E-state index contributed by atoms with van der Waals surface area (Å²) in [6.45, 7) is 0.507. The number of aryl methyl sites for hydroxylation is 1. The summed E-state index contributed by atoms with van der Waals surface area (Å²) in [5.41, 5.74) is 1.62. The number of alkyl halides is 3. The first-order valence-electron chi connectivity index (χ1n) is 8.59. The van der Waals surface area contributed by atoms with Crippen LogP contribution in [-0.4, -0.2) is 24.5 Å². The van der Waals surface area contributed by atoms with Crippen LogP contribution in [-0.2, 0) is 11.2 Å². The van der Waals surface area contributed by atoms with Crippen LogP contribution in [0.15, 0.2) is 42.5 Å². The third kappa shape index (κ3) is 6.88. The number of Topliss-reactive ketones (excluding diaryl/α,β-unsaturated/α-hetero) is 1. The van der Waals surface area contributed by atoms with Crippen molar-refractivity contribution in [2.24, 2.45) is 0 Å². The van der Waals surface area contributed by atoms with E-state index in [-0.39, 0.29) is 35.1 Å². The minimum Gasteiger partial charge on any atom is -0.482 e. The van der Waals surface area contributed by atoms with Crippen LogP contribution >= 0.6 is 11.6 Å². The van der Waals surface area contributed by atoms with Crippen molar-refractivity contribution < 1.29 is 27.5 Å². The molecule has 0 spiro atoms. The molecular formula is C20H19ClF3NO3. The minimum absolute atomic E-state index is 0.0153. The van der Waals surface area contributed by atoms with E-state index in [0.717, 1.165) is 12.0 Å². The monoisotopic (exact) mass is 413 g/mol. The lowest BCUT2D eigenvalue weighted by atomic mass is 10.0. The third-order valence-electron chi connectivity index (χ3n) is 3.87. The van der Waals surface area contributed by atoms with Crippen LogP contribution in [0.3, 0.4) is 0 Å². The lowest BCUT2D eigenvalue weighted by Gasteiger charge is -2.14. The Hall–Kier alpha value is -2.54. The molecular weight excluding hydrogens is 395 g/mol. The smallest absolute Gasteiger partial charge is 0.422 e. The van der Waals surface area contributed by atoms with Gasteiger partial charge in [0.1, 0.15) is 5.75 Å². The van der Waals surface area contributed by atoms with Gasteiger partial charge in [-0.2, -0.15) is 13.2 Å². The van der Waals surface area contributed by atoms with Crippen LogP contribution in [0, 0.1) is 0 Å². The normalized spacial score (nSPS) is 11.2. The Morgan fingerprint density at radius 1 is 1.07 bits per heavy atom. The number of nitrogens with one attached hydrogen (secondary N) is 1. The Morgan fingerprint density at radius 2 is 1.75 bits per heavy atom. The van der Waals surface area contributed by atoms with E-state index in [9.17, 15) is 22.8 Å². The van der Waals surface area contributed by atoms with Gasteiger partial charge < -0.3 is 10.1 Å². The molecule has 1 amide bonds. The number of halogens is 4. The lowest BCUT2D eigenvalue weighted by molar-refractivity contribution is -0.153. The highest BCUT2D eigenvalue weighted by molar-refractivity contribution is 6.31. The summed E-state index contributed by atoms with van der Waals surface area (Å²) < 4.78 is 41.8. The molecule has 0 aliphatic heterocycles. The molecule has 0 aromatic heterocycles. The molecule has 2 aromatic rings. The van der Waals surface area contributed by atoms with E-state index in [2.05, 4.69) is 5.32 Å². The predicted octanol–water partition coefficient (Wildman–Crippen LogP) is 5.45. The van der Waals surface area contributed by atoms with Gasteiger partial charge in [-0.05, 0) is 30.2 Å². The van der Waals surface area contributed by atoms with Crippen molar-refractivity contribution in [3.8, 4) is 5.75 Å². The van der Waals surface area contributed by atoms with Crippen LogP contribution in [0.1, 0.15) is 35.7 Å². The van der Waals surface area contributed by atoms with Gasteiger partial charge in [0, 0.05) is 23.4 Å². The van der Waals surface area contributed by atoms with Crippen LogP contribution in [0.2, 0.25) is 5.02 Å². The van der Waals surface area contributed by atoms with Gasteiger partial charge in [-0.1, -0.05) is 42.8 Å². The number of hydrogen-bond acceptors (Lipinski definition) is 3. The molecule has 8 heteroatoms. The number of amides is 1. The molecule has 150 valence electrons. The van der Waals surface area contributed by atoms with Gasteiger partial charge >= 0.3 is 6.18 Å². The van der Waals surface area contributed by atoms with Crippen LogP contribution < -0.4 is 10.1 Å². The van der Waals surface area contributed by atoms with E-state index in [0.29, 0.717) is 5.56 Å². The van der Waals surface area contributed by atoms with Gasteiger partial charge in [-0.3, -0.25) is 9.59 Å². The molecule has 2 rings (SSSR count). The second kappa shape index (κ2) is 9.59. The van der Waals surface area contributed by atoms with Crippen molar-refractivity contribution in [3.05, 3.63) is 58.6 Å². The number of carbonyl (C=O) groups is 2. The number of benzene rings is 2. The molecule has 0 aliphatic rings. The Morgan fingerprint density at radius 3 is 2.36 bits per heavy atom. The second-order valence-corrected chi connectivity index (χ2v) is 6.50. The second-order valence-electron chi connectivity index (χ2n) is 6.07. The zero-order valence-corrected chi connectivity index (χ0v) is 15.9. The van der Waals surface area contributed by atoms with Crippen LogP contribution in [0.25, 0.3) is 0 Å². The molecule has 2 aromatic carbocycles. The molecule has 0 saturated carbocycles. The minimum atomic E-state index is -4.51. The molecule has 0 atom stereocenters. The van der Waals surface area contributed by atoms with Gasteiger partial charge in [-0.15, -0.1) is 0 Å². The van der Waals surface area contributed by atoms with E-state index in [1.807, 2.05) is 19.1 Å². The maximum Gasteiger partial charge on any atom is 0.422 e. The number of ketones is 1. The number of anilines is 1. The predicted molar refractivity (Wildman–Crippen MR) is 101 cm³/mol. The van der Waals surface area contributed by atoms with Crippen LogP contribution in [0.5, 0.6) is 5.75 Å². The SMILES string of the molecule is CCc1ccc(C(=O)CCC(=O)Nc2cc(Cl)ccc2OCC(F)(F)F)cc1. The maximum atomic E-state index is 12.4. The van der Waals surface area contributed by atoms with E-state index in [1.54, 1.807) is 12.1 Å². The fourth-order valence-corrected chi connectivity index (χ4v) is 2.57. The highest BCUT2D eigenvalue weighted by Crippen LogP contribution is 2.30. The summed E-state index contributed by atoms with van der Waals surface area (Å²) in [4.78, 5) is 24.3. The Labute approximate surface area is 165 Å². The summed E-state index contributed by atoms with van der Waals surface area (Å²) in [5.74, 6) is -0.883. The third-order valence-corrected chi connectivity index (χ3v) is 4.11. The summed E-state index contributed by atoms with van der Waals surface area (Å²) in [7, 11) is 0. The Bertz CT molecular complexity index is 836. The molecule has 0 bridgehead atoms. The average Bonchev–Trinajstić information content (AvgIpc) is 2.65. The van der Waals surface area contributed by atoms with Crippen LogP contribution in [0.4, 0.5) is 18.9 Å². The van der Waals surface area contributed by atoms with Gasteiger partial charge in [0.05, 0.1) is 5.69 Å². The summed E-state index contributed by atoms with van der Waals surface area (Å²) in [6.07, 6.45) is -3.81. The first kappa shape index (κ1) is 21.8. The summed E-state index contributed by atoms with van der Waals surface area (Å²) in [6, 6.07) is 11.0. The molecule has 1 N–H and O–H groups in total. The van der Waals surface area contributed by atoms with E-state index in [1.165, 1.54) is 18.2 Å². The molecule has 0 saturated heterocycles. The molecule has 0 heterocycles. The van der Waals surface area contributed by atoms with E-state index in [4.69, 9.17) is 16.3 Å². The van der Waals surface area contributed by atoms with Crippen molar-refractivity contribution in [2.75, 3.05) is 11.9 Å². The number of rotatable bonds is 8. The Balaban J connectivity index is 1.96. The van der Waals surface area contributed by atoms with Gasteiger partial charge in [-0.25, -0.2) is 0 Å². The van der Waals surface area contributed by atoms with E-state index < -0.39 is 18.7 Å². The van der Waals surface area contributed by atoms with Crippen molar-refractivity contribution >= 4 is 29.0 Å². The highest BCUT2D eigenvalue weighted by Gasteiger charge is 2.29. The number of ether oxygens (including phenoxy) is 1. The maximum absolute atomic E-state index is 12.4. The average molecular weight is 414 g/mol. The topological polar surface area (TPSA) is 55.4 Å². The fourth-order valence-electron chi connectivity index (χ4n) is 2.40. The summed E-state index contributed by atoms with van der Waals surface area (Å²) >= 11 is 5.84. The zero-order valence-electron chi connectivity index (χ0n) is 15.1. The number of hydrogen-bond donors (Lipinski definition) is 1. The van der Waals surface area contributed by atoms with Crippen molar-refractivity contribution in [2.45, 2.75) is 32.4 Å². The molecule has 4 nitrogen and oxygen atoms in total. The standard InChI is InChI=1S/C20H19ClF3NO3/c1-2-13-3-5-14(6-4-13)17(26)8-10-19(27)25-16-11-15(21)7-9-18(16)28-12-20(22,23)24/h3-7,9,11H,2,8,10,12H2,1H3,(H,25,27). The molecule has 0 fully saturated rings. The van der Waals surface area contributed by atoms with Gasteiger partial charge in [0.15, 0.2) is 12.4 Å². The quantitative estimate of drug-likeness (QED) is 0.586. The lowest BCUT2D eigenvalue weighted by Crippen LogP contribution is -2.20. The Kier molecular flexibility index (Phi) is 7.45. The zero-order chi connectivity index (χ0) is 20.7. The molecule has 0 aliphatic carbocycles. The molecule has 28 heavy (non-hydrogen) atoms. The van der Waals surface area contributed by atoms with Crippen molar-refractivity contribution in [1.82, 2.24) is 0 Å². The molecule has 0 radical (unpaired) electrons. The van der Waals surface area contributed by atoms with Gasteiger partial charge in [0.25, 0.3) is 0 Å². The highest BCUT2D eigenvalue weighted by atomic mass is 35.5. The van der Waals surface area contributed by atoms with Crippen molar-refractivity contribution in [3.63, 3.8) is 0 Å². The fraction of sp³-hybridized carbons (Fsp3) is 0.300. The number of carbonyl (C=O) groups excluding carboxylic acids is 2. The van der Waals surface area contributed by atoms with Gasteiger partial charge in [0.2, 0.25) is 5.91 Å². The summed E-state index contributed by atoms with van der Waals surface area (Å²) in [5, 5.41) is 2.67.